The maximum absolute atomic E-state index is 14.1. The van der Waals surface area contributed by atoms with Crippen molar-refractivity contribution >= 4 is 17.5 Å². The number of carbonyl (C=O) groups is 2. The molecule has 2 fully saturated rings. The lowest BCUT2D eigenvalue weighted by Crippen LogP contribution is -2.50. The zero-order chi connectivity index (χ0) is 19.2. The number of likely N-dealkylation sites (tertiary alicyclic amines) is 1. The Morgan fingerprint density at radius 3 is 2.44 bits per heavy atom. The summed E-state index contributed by atoms with van der Waals surface area (Å²) < 4.78 is 14.1. The number of hydrogen-bond acceptors (Lipinski definition) is 5. The van der Waals surface area contributed by atoms with Gasteiger partial charge in [-0.05, 0) is 31.0 Å². The number of anilines is 1. The molecule has 0 aliphatic carbocycles. The molecule has 0 spiro atoms. The summed E-state index contributed by atoms with van der Waals surface area (Å²) in [6.45, 7) is 4.31. The summed E-state index contributed by atoms with van der Waals surface area (Å²) in [6.07, 6.45) is 2.06. The molecule has 2 heterocycles. The van der Waals surface area contributed by atoms with Crippen LogP contribution < -0.4 is 10.2 Å². The minimum Gasteiger partial charge on any atom is -0.367 e. The Bertz CT molecular complexity index is 734. The van der Waals surface area contributed by atoms with Crippen LogP contribution in [-0.2, 0) is 9.59 Å². The van der Waals surface area contributed by atoms with E-state index < -0.39 is 5.82 Å². The van der Waals surface area contributed by atoms with Crippen LogP contribution in [-0.4, -0.2) is 74.0 Å². The minimum atomic E-state index is -0.402. The van der Waals surface area contributed by atoms with Crippen LogP contribution in [0.3, 0.4) is 0 Å². The maximum atomic E-state index is 14.1. The van der Waals surface area contributed by atoms with Gasteiger partial charge in [-0.15, -0.1) is 0 Å². The zero-order valence-electron chi connectivity index (χ0n) is 15.3. The molecule has 1 N–H and O–H groups in total. The van der Waals surface area contributed by atoms with Crippen LogP contribution in [0, 0.1) is 17.1 Å². The highest BCUT2D eigenvalue weighted by molar-refractivity contribution is 5.85. The lowest BCUT2D eigenvalue weighted by Gasteiger charge is -2.35. The molecule has 0 saturated carbocycles. The van der Waals surface area contributed by atoms with E-state index in [1.54, 1.807) is 17.0 Å². The number of carbonyl (C=O) groups excluding carboxylic acids is 2. The highest BCUT2D eigenvalue weighted by Gasteiger charge is 2.22. The van der Waals surface area contributed by atoms with Crippen molar-refractivity contribution in [2.45, 2.75) is 12.8 Å². The predicted octanol–water partition coefficient (Wildman–Crippen LogP) is 0.558. The second-order valence-corrected chi connectivity index (χ2v) is 6.91. The van der Waals surface area contributed by atoms with E-state index in [9.17, 15) is 14.0 Å². The van der Waals surface area contributed by atoms with Crippen LogP contribution in [0.5, 0.6) is 0 Å². The fourth-order valence-corrected chi connectivity index (χ4v) is 3.49. The molecule has 1 aromatic carbocycles. The highest BCUT2D eigenvalue weighted by Crippen LogP contribution is 2.21. The van der Waals surface area contributed by atoms with Gasteiger partial charge in [0, 0.05) is 39.3 Å². The fourth-order valence-electron chi connectivity index (χ4n) is 3.49. The summed E-state index contributed by atoms with van der Waals surface area (Å²) in [7, 11) is 0. The predicted molar refractivity (Wildman–Crippen MR) is 98.6 cm³/mol. The maximum Gasteiger partial charge on any atom is 0.241 e. The molecule has 2 aliphatic rings. The molecular weight excluding hydrogens is 349 g/mol. The molecule has 7 nitrogen and oxygen atoms in total. The average Bonchev–Trinajstić information content (AvgIpc) is 3.22. The Morgan fingerprint density at radius 2 is 1.81 bits per heavy atom. The summed E-state index contributed by atoms with van der Waals surface area (Å²) >= 11 is 0. The number of nitrogens with one attached hydrogen (secondary N) is 1. The van der Waals surface area contributed by atoms with Gasteiger partial charge in [0.2, 0.25) is 11.8 Å². The van der Waals surface area contributed by atoms with Gasteiger partial charge >= 0.3 is 0 Å². The third-order valence-corrected chi connectivity index (χ3v) is 5.05. The monoisotopic (exact) mass is 373 g/mol. The van der Waals surface area contributed by atoms with E-state index >= 15 is 0 Å². The third kappa shape index (κ3) is 4.95. The first kappa shape index (κ1) is 19.1. The van der Waals surface area contributed by atoms with Crippen LogP contribution >= 0.6 is 0 Å². The van der Waals surface area contributed by atoms with Gasteiger partial charge in [0.15, 0.2) is 0 Å². The van der Waals surface area contributed by atoms with Crippen molar-refractivity contribution in [1.82, 2.24) is 15.1 Å². The molecule has 27 heavy (non-hydrogen) atoms. The fraction of sp³-hybridized carbons (Fsp3) is 0.526. The van der Waals surface area contributed by atoms with E-state index in [4.69, 9.17) is 5.26 Å². The number of hydrogen-bond donors (Lipinski definition) is 1. The molecule has 2 saturated heterocycles. The van der Waals surface area contributed by atoms with E-state index in [-0.39, 0.29) is 24.9 Å². The number of rotatable bonds is 5. The van der Waals surface area contributed by atoms with Crippen molar-refractivity contribution in [3.05, 3.63) is 29.6 Å². The lowest BCUT2D eigenvalue weighted by atomic mass is 10.2. The van der Waals surface area contributed by atoms with Crippen LogP contribution in [0.15, 0.2) is 18.2 Å². The molecule has 144 valence electrons. The molecule has 0 bridgehead atoms. The number of halogens is 1. The van der Waals surface area contributed by atoms with Gasteiger partial charge < -0.3 is 15.1 Å². The summed E-state index contributed by atoms with van der Waals surface area (Å²) in [5.41, 5.74) is 0.782. The van der Waals surface area contributed by atoms with Crippen LogP contribution in [0.1, 0.15) is 18.4 Å². The van der Waals surface area contributed by atoms with Crippen LogP contribution in [0.4, 0.5) is 10.1 Å². The van der Waals surface area contributed by atoms with E-state index in [2.05, 4.69) is 5.32 Å². The molecule has 2 amide bonds. The van der Waals surface area contributed by atoms with Gasteiger partial charge in [-0.25, -0.2) is 4.39 Å². The zero-order valence-corrected chi connectivity index (χ0v) is 15.3. The van der Waals surface area contributed by atoms with E-state index in [1.807, 2.05) is 15.9 Å². The highest BCUT2D eigenvalue weighted by atomic mass is 19.1. The SMILES string of the molecule is N#Cc1ccc(N2CCN(CC(=O)NCC(=O)N3CCCC3)CC2)c(F)c1. The Balaban J connectivity index is 1.42. The van der Waals surface area contributed by atoms with Gasteiger partial charge in [0.05, 0.1) is 30.4 Å². The summed E-state index contributed by atoms with van der Waals surface area (Å²) in [6, 6.07) is 6.40. The first-order valence-corrected chi connectivity index (χ1v) is 9.28. The molecule has 0 radical (unpaired) electrons. The minimum absolute atomic E-state index is 0.0260. The number of nitrogens with zero attached hydrogens (tertiary/aromatic N) is 4. The van der Waals surface area contributed by atoms with Gasteiger partial charge in [-0.2, -0.15) is 5.26 Å². The second kappa shape index (κ2) is 8.82. The summed E-state index contributed by atoms with van der Waals surface area (Å²) in [5, 5.41) is 11.5. The normalized spacial score (nSPS) is 17.6. The Morgan fingerprint density at radius 1 is 1.11 bits per heavy atom. The van der Waals surface area contributed by atoms with Gasteiger partial charge in [0.25, 0.3) is 0 Å². The van der Waals surface area contributed by atoms with Crippen molar-refractivity contribution in [3.8, 4) is 6.07 Å². The van der Waals surface area contributed by atoms with Crippen molar-refractivity contribution in [1.29, 1.82) is 5.26 Å². The number of benzene rings is 1. The average molecular weight is 373 g/mol. The number of amides is 2. The topological polar surface area (TPSA) is 79.7 Å². The quantitative estimate of drug-likeness (QED) is 0.816. The van der Waals surface area contributed by atoms with Crippen LogP contribution in [0.25, 0.3) is 0 Å². The first-order valence-electron chi connectivity index (χ1n) is 9.28. The van der Waals surface area contributed by atoms with E-state index in [0.717, 1.165) is 25.9 Å². The molecule has 8 heteroatoms. The largest absolute Gasteiger partial charge is 0.367 e. The van der Waals surface area contributed by atoms with E-state index in [0.29, 0.717) is 37.4 Å². The molecular formula is C19H24FN5O2. The van der Waals surface area contributed by atoms with Gasteiger partial charge in [-0.3, -0.25) is 14.5 Å². The standard InChI is InChI=1S/C19H24FN5O2/c20-16-11-15(12-21)3-4-17(16)24-9-7-23(8-10-24)14-18(26)22-13-19(27)25-5-1-2-6-25/h3-4,11H,1-2,5-10,13-14H2,(H,22,26). The van der Waals surface area contributed by atoms with Crippen molar-refractivity contribution in [3.63, 3.8) is 0 Å². The Labute approximate surface area is 158 Å². The second-order valence-electron chi connectivity index (χ2n) is 6.91. The third-order valence-electron chi connectivity index (χ3n) is 5.05. The molecule has 0 aromatic heterocycles. The lowest BCUT2D eigenvalue weighted by molar-refractivity contribution is -0.132. The van der Waals surface area contributed by atoms with E-state index in [1.165, 1.54) is 6.07 Å². The Kier molecular flexibility index (Phi) is 6.24. The molecule has 2 aliphatic heterocycles. The number of piperazine rings is 1. The van der Waals surface area contributed by atoms with Crippen molar-refractivity contribution in [2.24, 2.45) is 0 Å². The van der Waals surface area contributed by atoms with Crippen molar-refractivity contribution < 1.29 is 14.0 Å². The van der Waals surface area contributed by atoms with Gasteiger partial charge in [0.1, 0.15) is 5.82 Å². The molecule has 3 rings (SSSR count). The summed E-state index contributed by atoms with van der Waals surface area (Å²) in [5.74, 6) is -0.594. The smallest absolute Gasteiger partial charge is 0.241 e. The van der Waals surface area contributed by atoms with Crippen molar-refractivity contribution in [2.75, 3.05) is 57.3 Å². The molecule has 0 unspecified atom stereocenters. The molecule has 0 atom stereocenters. The van der Waals surface area contributed by atoms with Crippen LogP contribution in [0.2, 0.25) is 0 Å². The Hall–Kier alpha value is -2.66. The number of nitriles is 1. The first-order chi connectivity index (χ1) is 13.1. The molecule has 1 aromatic rings. The van der Waals surface area contributed by atoms with Gasteiger partial charge in [-0.1, -0.05) is 0 Å². The summed E-state index contributed by atoms with van der Waals surface area (Å²) in [4.78, 5) is 29.7.